The molecule has 0 bridgehead atoms. The van der Waals surface area contributed by atoms with Gasteiger partial charge in [-0.2, -0.15) is 0 Å². The lowest BCUT2D eigenvalue weighted by Gasteiger charge is -2.02. The molecule has 0 fully saturated rings. The number of halogens is 1. The standard InChI is InChI=1S/C7H8ClNO2/c1-10-5-3-6(8)9-7(4-5)11-2/h3-4H,1-2H3. The Morgan fingerprint density at radius 3 is 2.55 bits per heavy atom. The van der Waals surface area contributed by atoms with E-state index < -0.39 is 0 Å². The summed E-state index contributed by atoms with van der Waals surface area (Å²) in [6.45, 7) is 0. The molecular weight excluding hydrogens is 166 g/mol. The van der Waals surface area contributed by atoms with Gasteiger partial charge in [0.25, 0.3) is 0 Å². The van der Waals surface area contributed by atoms with Crippen LogP contribution in [0.25, 0.3) is 0 Å². The van der Waals surface area contributed by atoms with Crippen LogP contribution in [0.5, 0.6) is 11.6 Å². The zero-order valence-electron chi connectivity index (χ0n) is 6.30. The first-order valence-corrected chi connectivity index (χ1v) is 3.39. The van der Waals surface area contributed by atoms with Crippen molar-refractivity contribution >= 4 is 11.6 Å². The van der Waals surface area contributed by atoms with Gasteiger partial charge in [0, 0.05) is 12.1 Å². The predicted octanol–water partition coefficient (Wildman–Crippen LogP) is 1.75. The number of rotatable bonds is 2. The second kappa shape index (κ2) is 3.44. The largest absolute Gasteiger partial charge is 0.496 e. The summed E-state index contributed by atoms with van der Waals surface area (Å²) >= 11 is 5.64. The summed E-state index contributed by atoms with van der Waals surface area (Å²) in [5.74, 6) is 1.09. The number of ether oxygens (including phenoxy) is 2. The molecule has 0 aliphatic carbocycles. The molecule has 1 heterocycles. The minimum atomic E-state index is 0.362. The first-order chi connectivity index (χ1) is 5.26. The molecular formula is C7H8ClNO2. The van der Waals surface area contributed by atoms with Gasteiger partial charge < -0.3 is 9.47 Å². The van der Waals surface area contributed by atoms with Gasteiger partial charge in [-0.25, -0.2) is 4.98 Å². The Kier molecular flexibility index (Phi) is 2.54. The fraction of sp³-hybridized carbons (Fsp3) is 0.286. The Balaban J connectivity index is 3.02. The van der Waals surface area contributed by atoms with Gasteiger partial charge in [-0.05, 0) is 0 Å². The van der Waals surface area contributed by atoms with E-state index in [1.165, 1.54) is 7.11 Å². The van der Waals surface area contributed by atoms with E-state index >= 15 is 0 Å². The summed E-state index contributed by atoms with van der Waals surface area (Å²) in [5.41, 5.74) is 0. The highest BCUT2D eigenvalue weighted by molar-refractivity contribution is 6.29. The fourth-order valence-electron chi connectivity index (χ4n) is 0.673. The van der Waals surface area contributed by atoms with Crippen molar-refractivity contribution < 1.29 is 9.47 Å². The lowest BCUT2D eigenvalue weighted by molar-refractivity contribution is 0.382. The molecule has 1 aromatic rings. The maximum Gasteiger partial charge on any atom is 0.218 e. The predicted molar refractivity (Wildman–Crippen MR) is 42.4 cm³/mol. The van der Waals surface area contributed by atoms with E-state index in [0.29, 0.717) is 16.8 Å². The van der Waals surface area contributed by atoms with Gasteiger partial charge in [-0.15, -0.1) is 0 Å². The molecule has 0 saturated carbocycles. The van der Waals surface area contributed by atoms with Gasteiger partial charge >= 0.3 is 0 Å². The number of aromatic nitrogens is 1. The van der Waals surface area contributed by atoms with Gasteiger partial charge in [0.15, 0.2) is 0 Å². The first-order valence-electron chi connectivity index (χ1n) is 3.02. The van der Waals surface area contributed by atoms with Crippen molar-refractivity contribution in [3.05, 3.63) is 17.3 Å². The summed E-state index contributed by atoms with van der Waals surface area (Å²) in [5, 5.41) is 0.362. The molecule has 1 rings (SSSR count). The maximum atomic E-state index is 5.64. The topological polar surface area (TPSA) is 31.4 Å². The monoisotopic (exact) mass is 173 g/mol. The minimum Gasteiger partial charge on any atom is -0.496 e. The third kappa shape index (κ3) is 1.98. The van der Waals surface area contributed by atoms with E-state index in [9.17, 15) is 0 Å². The van der Waals surface area contributed by atoms with Crippen LogP contribution in [0.3, 0.4) is 0 Å². The van der Waals surface area contributed by atoms with Crippen LogP contribution in [0.2, 0.25) is 5.15 Å². The summed E-state index contributed by atoms with van der Waals surface area (Å²) in [6, 6.07) is 3.27. The van der Waals surface area contributed by atoms with Gasteiger partial charge in [-0.1, -0.05) is 11.6 Å². The lowest BCUT2D eigenvalue weighted by Crippen LogP contribution is -1.89. The molecule has 0 saturated heterocycles. The second-order valence-corrected chi connectivity index (χ2v) is 2.26. The van der Waals surface area contributed by atoms with Crippen molar-refractivity contribution in [2.24, 2.45) is 0 Å². The molecule has 0 N–H and O–H groups in total. The van der Waals surface area contributed by atoms with E-state index in [-0.39, 0.29) is 0 Å². The van der Waals surface area contributed by atoms with E-state index in [1.807, 2.05) is 0 Å². The van der Waals surface area contributed by atoms with Crippen molar-refractivity contribution in [1.29, 1.82) is 0 Å². The van der Waals surface area contributed by atoms with Crippen molar-refractivity contribution in [2.45, 2.75) is 0 Å². The van der Waals surface area contributed by atoms with Crippen molar-refractivity contribution in [3.8, 4) is 11.6 Å². The van der Waals surface area contributed by atoms with Gasteiger partial charge in [0.1, 0.15) is 10.9 Å². The molecule has 11 heavy (non-hydrogen) atoms. The van der Waals surface area contributed by atoms with Crippen molar-refractivity contribution in [3.63, 3.8) is 0 Å². The number of methoxy groups -OCH3 is 2. The van der Waals surface area contributed by atoms with Crippen LogP contribution in [0.15, 0.2) is 12.1 Å². The smallest absolute Gasteiger partial charge is 0.218 e. The molecule has 0 spiro atoms. The molecule has 0 aromatic carbocycles. The average molecular weight is 174 g/mol. The third-order valence-corrected chi connectivity index (χ3v) is 1.38. The lowest BCUT2D eigenvalue weighted by atomic mass is 10.4. The SMILES string of the molecule is COc1cc(Cl)nc(OC)c1. The van der Waals surface area contributed by atoms with Crippen LogP contribution in [0.4, 0.5) is 0 Å². The number of hydrogen-bond acceptors (Lipinski definition) is 3. The van der Waals surface area contributed by atoms with E-state index in [2.05, 4.69) is 4.98 Å². The first kappa shape index (κ1) is 8.14. The summed E-state index contributed by atoms with van der Waals surface area (Å²) in [6.07, 6.45) is 0. The van der Waals surface area contributed by atoms with Gasteiger partial charge in [0.2, 0.25) is 5.88 Å². The number of pyridine rings is 1. The molecule has 1 aromatic heterocycles. The van der Waals surface area contributed by atoms with Crippen LogP contribution in [-0.2, 0) is 0 Å². The van der Waals surface area contributed by atoms with Crippen LogP contribution < -0.4 is 9.47 Å². The minimum absolute atomic E-state index is 0.362. The summed E-state index contributed by atoms with van der Waals surface area (Å²) < 4.78 is 9.80. The second-order valence-electron chi connectivity index (χ2n) is 1.87. The molecule has 0 aliphatic heterocycles. The normalized spacial score (nSPS) is 9.36. The molecule has 0 unspecified atom stereocenters. The van der Waals surface area contributed by atoms with Crippen LogP contribution in [0.1, 0.15) is 0 Å². The molecule has 0 atom stereocenters. The molecule has 0 amide bonds. The average Bonchev–Trinajstić information content (AvgIpc) is 2.03. The van der Waals surface area contributed by atoms with Gasteiger partial charge in [0.05, 0.1) is 14.2 Å². The molecule has 0 radical (unpaired) electrons. The van der Waals surface area contributed by atoms with Crippen LogP contribution in [0, 0.1) is 0 Å². The Hall–Kier alpha value is -0.960. The van der Waals surface area contributed by atoms with E-state index in [0.717, 1.165) is 0 Å². The van der Waals surface area contributed by atoms with E-state index in [4.69, 9.17) is 21.1 Å². The third-order valence-electron chi connectivity index (χ3n) is 1.19. The summed E-state index contributed by atoms with van der Waals surface area (Å²) in [7, 11) is 3.09. The Morgan fingerprint density at radius 1 is 1.27 bits per heavy atom. The van der Waals surface area contributed by atoms with E-state index in [1.54, 1.807) is 19.2 Å². The maximum absolute atomic E-state index is 5.64. The summed E-state index contributed by atoms with van der Waals surface area (Å²) in [4.78, 5) is 3.86. The molecule has 60 valence electrons. The highest BCUT2D eigenvalue weighted by Crippen LogP contribution is 2.21. The number of nitrogens with zero attached hydrogens (tertiary/aromatic N) is 1. The Bertz CT molecular complexity index is 230. The Labute approximate surface area is 69.9 Å². The van der Waals surface area contributed by atoms with Gasteiger partial charge in [-0.3, -0.25) is 0 Å². The molecule has 0 aliphatic rings. The van der Waals surface area contributed by atoms with Crippen molar-refractivity contribution in [2.75, 3.05) is 14.2 Å². The molecule has 3 nitrogen and oxygen atoms in total. The van der Waals surface area contributed by atoms with Crippen molar-refractivity contribution in [1.82, 2.24) is 4.98 Å². The Morgan fingerprint density at radius 2 is 2.00 bits per heavy atom. The quantitative estimate of drug-likeness (QED) is 0.639. The zero-order valence-corrected chi connectivity index (χ0v) is 7.05. The fourth-order valence-corrected chi connectivity index (χ4v) is 0.864. The zero-order chi connectivity index (χ0) is 8.27. The highest BCUT2D eigenvalue weighted by Gasteiger charge is 1.99. The van der Waals surface area contributed by atoms with Crippen LogP contribution in [-0.4, -0.2) is 19.2 Å². The van der Waals surface area contributed by atoms with Crippen LogP contribution >= 0.6 is 11.6 Å². The molecule has 4 heteroatoms. The number of hydrogen-bond donors (Lipinski definition) is 0. The highest BCUT2D eigenvalue weighted by atomic mass is 35.5.